The van der Waals surface area contributed by atoms with Crippen molar-refractivity contribution in [3.05, 3.63) is 59.7 Å². The van der Waals surface area contributed by atoms with Gasteiger partial charge in [0.15, 0.2) is 0 Å². The Morgan fingerprint density at radius 1 is 1.14 bits per heavy atom. The average Bonchev–Trinajstić information content (AvgIpc) is 2.77. The Hall–Kier alpha value is -2.66. The second kappa shape index (κ2) is 4.96. The largest absolute Gasteiger partial charge is 0.497 e. The highest BCUT2D eigenvalue weighted by Gasteiger charge is 2.53. The highest BCUT2D eigenvalue weighted by Crippen LogP contribution is 2.43. The number of anilines is 1. The molecule has 2 aromatic carbocycles. The van der Waals surface area contributed by atoms with Crippen LogP contribution < -0.4 is 9.64 Å². The number of rotatable bonds is 2. The molecule has 0 aliphatic carbocycles. The van der Waals surface area contributed by atoms with Crippen LogP contribution in [-0.4, -0.2) is 23.9 Å². The number of ether oxygens (including phenoxy) is 1. The molecule has 5 nitrogen and oxygen atoms in total. The van der Waals surface area contributed by atoms with Crippen molar-refractivity contribution >= 4 is 17.4 Å². The third-order valence-corrected chi connectivity index (χ3v) is 3.84. The van der Waals surface area contributed by atoms with Gasteiger partial charge in [-0.2, -0.15) is 0 Å². The lowest BCUT2D eigenvalue weighted by atomic mass is 9.96. The van der Waals surface area contributed by atoms with Crippen molar-refractivity contribution in [3.8, 4) is 5.75 Å². The molecule has 1 aliphatic rings. The maximum atomic E-state index is 12.7. The molecular weight excluding hydrogens is 282 g/mol. The van der Waals surface area contributed by atoms with Gasteiger partial charge in [-0.15, -0.1) is 0 Å². The zero-order chi connectivity index (χ0) is 15.9. The molecule has 3 rings (SSSR count). The molecule has 1 N–H and O–H groups in total. The first kappa shape index (κ1) is 14.3. The van der Waals surface area contributed by atoms with Crippen molar-refractivity contribution in [3.63, 3.8) is 0 Å². The number of amides is 1. The first-order chi connectivity index (χ1) is 10.5. The topological polar surface area (TPSA) is 66.8 Å². The molecule has 0 saturated heterocycles. The molecule has 1 aliphatic heterocycles. The third-order valence-electron chi connectivity index (χ3n) is 3.84. The van der Waals surface area contributed by atoms with Gasteiger partial charge >= 0.3 is 0 Å². The summed E-state index contributed by atoms with van der Waals surface area (Å²) in [7, 11) is 1.53. The quantitative estimate of drug-likeness (QED) is 0.921. The van der Waals surface area contributed by atoms with Crippen LogP contribution in [0.2, 0.25) is 0 Å². The predicted molar refractivity (Wildman–Crippen MR) is 80.8 cm³/mol. The van der Waals surface area contributed by atoms with Gasteiger partial charge in [-0.25, -0.2) is 0 Å². The Morgan fingerprint density at radius 3 is 2.36 bits per heavy atom. The maximum Gasteiger partial charge on any atom is 0.236 e. The monoisotopic (exact) mass is 297 g/mol. The smallest absolute Gasteiger partial charge is 0.236 e. The van der Waals surface area contributed by atoms with Crippen molar-refractivity contribution in [2.24, 2.45) is 0 Å². The van der Waals surface area contributed by atoms with E-state index in [0.717, 1.165) is 4.90 Å². The number of nitrogens with zero attached hydrogens (tertiary/aromatic N) is 1. The van der Waals surface area contributed by atoms with E-state index < -0.39 is 17.4 Å². The number of hydrogen-bond donors (Lipinski definition) is 1. The lowest BCUT2D eigenvalue weighted by Gasteiger charge is -2.32. The zero-order valence-electron chi connectivity index (χ0n) is 12.2. The summed E-state index contributed by atoms with van der Waals surface area (Å²) in [5.74, 6) is -0.315. The van der Waals surface area contributed by atoms with Crippen molar-refractivity contribution < 1.29 is 19.4 Å². The van der Waals surface area contributed by atoms with Crippen molar-refractivity contribution in [2.45, 2.75) is 12.6 Å². The van der Waals surface area contributed by atoms with Crippen molar-refractivity contribution in [1.29, 1.82) is 0 Å². The van der Waals surface area contributed by atoms with Crippen LogP contribution in [0.25, 0.3) is 0 Å². The van der Waals surface area contributed by atoms with Gasteiger partial charge in [-0.1, -0.05) is 24.3 Å². The van der Waals surface area contributed by atoms with E-state index in [1.165, 1.54) is 14.0 Å². The van der Waals surface area contributed by atoms with Crippen LogP contribution in [0.1, 0.15) is 22.8 Å². The Kier molecular flexibility index (Phi) is 3.22. The van der Waals surface area contributed by atoms with E-state index in [0.29, 0.717) is 22.6 Å². The second-order valence-electron chi connectivity index (χ2n) is 5.10. The Bertz CT molecular complexity index is 754. The molecular formula is C17H15NO4. The summed E-state index contributed by atoms with van der Waals surface area (Å²) >= 11 is 0. The van der Waals surface area contributed by atoms with E-state index in [-0.39, 0.29) is 0 Å². The van der Waals surface area contributed by atoms with Crippen LogP contribution in [0.15, 0.2) is 48.5 Å². The first-order valence-electron chi connectivity index (χ1n) is 6.81. The van der Waals surface area contributed by atoms with E-state index in [4.69, 9.17) is 4.74 Å². The predicted octanol–water partition coefficient (Wildman–Crippen LogP) is 2.09. The van der Waals surface area contributed by atoms with Gasteiger partial charge in [0.1, 0.15) is 5.75 Å². The van der Waals surface area contributed by atoms with Gasteiger partial charge in [0.05, 0.1) is 12.8 Å². The second-order valence-corrected chi connectivity index (χ2v) is 5.10. The zero-order valence-corrected chi connectivity index (χ0v) is 12.2. The van der Waals surface area contributed by atoms with Gasteiger partial charge in [0.2, 0.25) is 17.4 Å². The number of methoxy groups -OCH3 is 1. The van der Waals surface area contributed by atoms with Crippen molar-refractivity contribution in [2.75, 3.05) is 12.0 Å². The lowest BCUT2D eigenvalue weighted by molar-refractivity contribution is -0.120. The number of carbonyl (C=O) groups is 2. The average molecular weight is 297 g/mol. The van der Waals surface area contributed by atoms with E-state index >= 15 is 0 Å². The standard InChI is InChI=1S/C17H15NO4/c1-11(19)18-15-6-4-3-5-14(15)16(20)17(18,21)12-7-9-13(22-2)10-8-12/h3-10,21H,1-2H3. The number of hydrogen-bond acceptors (Lipinski definition) is 4. The van der Waals surface area contributed by atoms with Gasteiger partial charge in [-0.05, 0) is 24.3 Å². The van der Waals surface area contributed by atoms with Gasteiger partial charge in [0, 0.05) is 18.1 Å². The summed E-state index contributed by atoms with van der Waals surface area (Å²) in [4.78, 5) is 25.9. The Labute approximate surface area is 127 Å². The van der Waals surface area contributed by atoms with Crippen LogP contribution in [0.5, 0.6) is 5.75 Å². The van der Waals surface area contributed by atoms with Gasteiger partial charge < -0.3 is 9.84 Å². The fourth-order valence-electron chi connectivity index (χ4n) is 2.81. The van der Waals surface area contributed by atoms with Crippen LogP contribution >= 0.6 is 0 Å². The SMILES string of the molecule is COc1ccc(C2(O)C(=O)c3ccccc3N2C(C)=O)cc1. The molecule has 0 saturated carbocycles. The molecule has 0 radical (unpaired) electrons. The maximum absolute atomic E-state index is 12.7. The third kappa shape index (κ3) is 1.83. The molecule has 1 atom stereocenters. The number of fused-ring (bicyclic) bond motifs is 1. The summed E-state index contributed by atoms with van der Waals surface area (Å²) < 4.78 is 5.08. The van der Waals surface area contributed by atoms with E-state index in [9.17, 15) is 14.7 Å². The molecule has 22 heavy (non-hydrogen) atoms. The minimum atomic E-state index is -2.03. The summed E-state index contributed by atoms with van der Waals surface area (Å²) in [6, 6.07) is 13.1. The van der Waals surface area contributed by atoms with Gasteiger partial charge in [0.25, 0.3) is 0 Å². The van der Waals surface area contributed by atoms with Gasteiger partial charge in [-0.3, -0.25) is 14.5 Å². The first-order valence-corrected chi connectivity index (χ1v) is 6.81. The molecule has 1 amide bonds. The summed E-state index contributed by atoms with van der Waals surface area (Å²) in [5, 5.41) is 11.1. The molecule has 0 fully saturated rings. The van der Waals surface area contributed by atoms with Crippen LogP contribution in [0.4, 0.5) is 5.69 Å². The number of ketones is 1. The molecule has 1 unspecified atom stereocenters. The Balaban J connectivity index is 2.19. The molecule has 0 bridgehead atoms. The molecule has 0 aromatic heterocycles. The summed E-state index contributed by atoms with van der Waals surface area (Å²) in [6.07, 6.45) is 0. The fourth-order valence-corrected chi connectivity index (χ4v) is 2.81. The number of aliphatic hydroxyl groups is 1. The number of carbonyl (C=O) groups excluding carboxylic acids is 2. The minimum absolute atomic E-state index is 0.324. The molecule has 2 aromatic rings. The summed E-state index contributed by atoms with van der Waals surface area (Å²) in [5.41, 5.74) is -0.957. The number of Topliss-reactive ketones (excluding diaryl/α,β-unsaturated/α-hetero) is 1. The normalized spacial score (nSPS) is 20.0. The van der Waals surface area contributed by atoms with E-state index in [1.54, 1.807) is 48.5 Å². The van der Waals surface area contributed by atoms with E-state index in [2.05, 4.69) is 0 Å². The summed E-state index contributed by atoms with van der Waals surface area (Å²) in [6.45, 7) is 1.32. The fraction of sp³-hybridized carbons (Fsp3) is 0.176. The number of para-hydroxylation sites is 1. The van der Waals surface area contributed by atoms with Crippen LogP contribution in [-0.2, 0) is 10.5 Å². The molecule has 112 valence electrons. The van der Waals surface area contributed by atoms with E-state index in [1.807, 2.05) is 0 Å². The van der Waals surface area contributed by atoms with Crippen molar-refractivity contribution in [1.82, 2.24) is 0 Å². The Morgan fingerprint density at radius 2 is 1.77 bits per heavy atom. The minimum Gasteiger partial charge on any atom is -0.497 e. The highest BCUT2D eigenvalue weighted by molar-refractivity contribution is 6.19. The highest BCUT2D eigenvalue weighted by atomic mass is 16.5. The van der Waals surface area contributed by atoms with Crippen LogP contribution in [0, 0.1) is 0 Å². The molecule has 0 spiro atoms. The van der Waals surface area contributed by atoms with Crippen LogP contribution in [0.3, 0.4) is 0 Å². The molecule has 5 heteroatoms. The molecule has 1 heterocycles. The lowest BCUT2D eigenvalue weighted by Crippen LogP contribution is -2.50. The number of benzene rings is 2.